The molecule has 1 aromatic carbocycles. The Morgan fingerprint density at radius 1 is 1.24 bits per heavy atom. The van der Waals surface area contributed by atoms with Crippen LogP contribution in [0.3, 0.4) is 0 Å². The van der Waals surface area contributed by atoms with Gasteiger partial charge in [0.05, 0.1) is 5.75 Å². The maximum Gasteiger partial charge on any atom is 0.150 e. The first-order valence-electron chi connectivity index (χ1n) is 7.20. The Hall–Kier alpha value is -1.01. The van der Waals surface area contributed by atoms with Crippen molar-refractivity contribution in [2.45, 2.75) is 39.7 Å². The van der Waals surface area contributed by atoms with Gasteiger partial charge in [-0.2, -0.15) is 0 Å². The fourth-order valence-corrected chi connectivity index (χ4v) is 3.14. The Bertz CT molecular complexity index is 573. The van der Waals surface area contributed by atoms with Gasteiger partial charge >= 0.3 is 0 Å². The van der Waals surface area contributed by atoms with Crippen LogP contribution in [0.2, 0.25) is 0 Å². The van der Waals surface area contributed by atoms with Crippen molar-refractivity contribution in [1.29, 1.82) is 0 Å². The van der Waals surface area contributed by atoms with E-state index in [1.54, 1.807) is 13.8 Å². The molecule has 1 atom stereocenters. The third-order valence-electron chi connectivity index (χ3n) is 3.51. The predicted molar refractivity (Wildman–Crippen MR) is 81.1 cm³/mol. The molecule has 0 aliphatic rings. The van der Waals surface area contributed by atoms with Gasteiger partial charge in [0, 0.05) is 17.4 Å². The molecule has 0 bridgehead atoms. The molecule has 0 aromatic heterocycles. The number of benzene rings is 1. The van der Waals surface area contributed by atoms with Crippen LogP contribution in [0, 0.1) is 18.6 Å². The molecule has 0 saturated heterocycles. The molecule has 0 amide bonds. The topological polar surface area (TPSA) is 46.2 Å². The Kier molecular flexibility index (Phi) is 6.74. The van der Waals surface area contributed by atoms with Crippen molar-refractivity contribution in [3.63, 3.8) is 0 Å². The van der Waals surface area contributed by atoms with Gasteiger partial charge in [-0.15, -0.1) is 0 Å². The lowest BCUT2D eigenvalue weighted by Gasteiger charge is -2.20. The summed E-state index contributed by atoms with van der Waals surface area (Å²) in [5.74, 6) is -1.02. The van der Waals surface area contributed by atoms with E-state index in [9.17, 15) is 17.2 Å². The van der Waals surface area contributed by atoms with E-state index in [1.807, 2.05) is 6.92 Å². The molecule has 1 rings (SSSR count). The molecule has 120 valence electrons. The van der Waals surface area contributed by atoms with Crippen molar-refractivity contribution in [2.24, 2.45) is 0 Å². The molecular weight excluding hydrogens is 296 g/mol. The van der Waals surface area contributed by atoms with Crippen LogP contribution in [-0.4, -0.2) is 26.5 Å². The van der Waals surface area contributed by atoms with Gasteiger partial charge < -0.3 is 5.32 Å². The number of hydrogen-bond donors (Lipinski definition) is 1. The highest BCUT2D eigenvalue weighted by Crippen LogP contribution is 2.26. The lowest BCUT2D eigenvalue weighted by atomic mass is 9.99. The number of halogens is 2. The van der Waals surface area contributed by atoms with Crippen molar-refractivity contribution in [3.8, 4) is 0 Å². The van der Waals surface area contributed by atoms with Crippen LogP contribution in [0.1, 0.15) is 43.9 Å². The maximum absolute atomic E-state index is 14.2. The fraction of sp³-hybridized carbons (Fsp3) is 0.600. The molecule has 1 unspecified atom stereocenters. The molecule has 0 aliphatic heterocycles. The smallest absolute Gasteiger partial charge is 0.150 e. The minimum atomic E-state index is -3.06. The largest absolute Gasteiger partial charge is 0.310 e. The average molecular weight is 319 g/mol. The predicted octanol–water partition coefficient (Wildman–Crippen LogP) is 3.14. The molecule has 6 heteroatoms. The summed E-state index contributed by atoms with van der Waals surface area (Å²) in [6.07, 6.45) is 0.755. The van der Waals surface area contributed by atoms with Crippen molar-refractivity contribution in [2.75, 3.05) is 18.1 Å². The molecular formula is C15H23F2NO2S. The van der Waals surface area contributed by atoms with E-state index in [2.05, 4.69) is 5.32 Å². The van der Waals surface area contributed by atoms with Crippen molar-refractivity contribution in [3.05, 3.63) is 34.9 Å². The summed E-state index contributed by atoms with van der Waals surface area (Å²) in [5, 5.41) is 3.04. The molecule has 0 aliphatic carbocycles. The zero-order valence-electron chi connectivity index (χ0n) is 12.7. The highest BCUT2D eigenvalue weighted by molar-refractivity contribution is 7.91. The molecule has 0 spiro atoms. The third-order valence-corrected chi connectivity index (χ3v) is 5.30. The van der Waals surface area contributed by atoms with Gasteiger partial charge in [-0.3, -0.25) is 0 Å². The summed E-state index contributed by atoms with van der Waals surface area (Å²) < 4.78 is 51.1. The fourth-order valence-electron chi connectivity index (χ4n) is 2.24. The maximum atomic E-state index is 14.2. The van der Waals surface area contributed by atoms with Crippen LogP contribution in [0.15, 0.2) is 12.1 Å². The summed E-state index contributed by atoms with van der Waals surface area (Å²) in [6.45, 7) is 5.58. The van der Waals surface area contributed by atoms with Crippen molar-refractivity contribution >= 4 is 9.84 Å². The standard InChI is InChI=1S/C15H23F2NO2S/c1-4-18-13(7-6-10-21(19,20)5-2)14-12(16)9-8-11(3)15(14)17/h8-9,13,18H,4-7,10H2,1-3H3. The minimum Gasteiger partial charge on any atom is -0.310 e. The Morgan fingerprint density at radius 2 is 1.90 bits per heavy atom. The highest BCUT2D eigenvalue weighted by atomic mass is 32.2. The van der Waals surface area contributed by atoms with Gasteiger partial charge in [0.25, 0.3) is 0 Å². The molecule has 1 N–H and O–H groups in total. The minimum absolute atomic E-state index is 0.00532. The van der Waals surface area contributed by atoms with Crippen LogP contribution >= 0.6 is 0 Å². The van der Waals surface area contributed by atoms with Gasteiger partial charge in [0.2, 0.25) is 0 Å². The van der Waals surface area contributed by atoms with Gasteiger partial charge in [-0.1, -0.05) is 19.9 Å². The van der Waals surface area contributed by atoms with E-state index in [-0.39, 0.29) is 17.1 Å². The summed E-state index contributed by atoms with van der Waals surface area (Å²) >= 11 is 0. The number of sulfone groups is 1. The molecule has 0 heterocycles. The number of nitrogens with one attached hydrogen (secondary N) is 1. The number of hydrogen-bond acceptors (Lipinski definition) is 3. The number of aryl methyl sites for hydroxylation is 1. The molecule has 0 fully saturated rings. The SMILES string of the molecule is CCNC(CCCS(=O)(=O)CC)c1c(F)ccc(C)c1F. The van der Waals surface area contributed by atoms with Crippen LogP contribution in [0.5, 0.6) is 0 Å². The van der Waals surface area contributed by atoms with E-state index in [1.165, 1.54) is 12.1 Å². The van der Waals surface area contributed by atoms with E-state index < -0.39 is 27.5 Å². The Morgan fingerprint density at radius 3 is 2.48 bits per heavy atom. The zero-order chi connectivity index (χ0) is 16.0. The van der Waals surface area contributed by atoms with Crippen molar-refractivity contribution in [1.82, 2.24) is 5.32 Å². The highest BCUT2D eigenvalue weighted by Gasteiger charge is 2.21. The van der Waals surface area contributed by atoms with Crippen molar-refractivity contribution < 1.29 is 17.2 Å². The molecule has 0 saturated carbocycles. The molecule has 0 radical (unpaired) electrons. The zero-order valence-corrected chi connectivity index (χ0v) is 13.6. The first-order chi connectivity index (χ1) is 9.82. The normalized spacial score (nSPS) is 13.4. The summed E-state index contributed by atoms with van der Waals surface area (Å²) in [6, 6.07) is 2.14. The van der Waals surface area contributed by atoms with E-state index in [0.717, 1.165) is 0 Å². The second-order valence-corrected chi connectivity index (χ2v) is 7.55. The molecule has 1 aromatic rings. The summed E-state index contributed by atoms with van der Waals surface area (Å²) in [5.41, 5.74) is 0.390. The third kappa shape index (κ3) is 5.04. The lowest BCUT2D eigenvalue weighted by Crippen LogP contribution is -2.24. The van der Waals surface area contributed by atoms with Crippen LogP contribution in [0.25, 0.3) is 0 Å². The Balaban J connectivity index is 2.90. The second-order valence-electron chi connectivity index (χ2n) is 5.08. The summed E-state index contributed by atoms with van der Waals surface area (Å²) in [7, 11) is -3.06. The van der Waals surface area contributed by atoms with Crippen LogP contribution in [0.4, 0.5) is 8.78 Å². The van der Waals surface area contributed by atoms with Gasteiger partial charge in [-0.25, -0.2) is 17.2 Å². The molecule has 21 heavy (non-hydrogen) atoms. The van der Waals surface area contributed by atoms with E-state index in [0.29, 0.717) is 24.9 Å². The van der Waals surface area contributed by atoms with Crippen LogP contribution < -0.4 is 5.32 Å². The van der Waals surface area contributed by atoms with Gasteiger partial charge in [0.15, 0.2) is 0 Å². The van der Waals surface area contributed by atoms with Gasteiger partial charge in [0.1, 0.15) is 21.5 Å². The van der Waals surface area contributed by atoms with Gasteiger partial charge in [-0.05, 0) is 37.9 Å². The quantitative estimate of drug-likeness (QED) is 0.801. The lowest BCUT2D eigenvalue weighted by molar-refractivity contribution is 0.449. The van der Waals surface area contributed by atoms with Crippen LogP contribution in [-0.2, 0) is 9.84 Å². The first-order valence-corrected chi connectivity index (χ1v) is 9.02. The second kappa shape index (κ2) is 7.84. The Labute approximate surface area is 125 Å². The monoisotopic (exact) mass is 319 g/mol. The molecule has 3 nitrogen and oxygen atoms in total. The van der Waals surface area contributed by atoms with E-state index >= 15 is 0 Å². The van der Waals surface area contributed by atoms with E-state index in [4.69, 9.17) is 0 Å². The summed E-state index contributed by atoms with van der Waals surface area (Å²) in [4.78, 5) is 0. The number of rotatable bonds is 8. The average Bonchev–Trinajstić information content (AvgIpc) is 2.43. The first kappa shape index (κ1) is 18.0.